The molecule has 20 heavy (non-hydrogen) atoms. The Kier molecular flexibility index (Phi) is 6.43. The Morgan fingerprint density at radius 1 is 1.35 bits per heavy atom. The van der Waals surface area contributed by atoms with Gasteiger partial charge >= 0.3 is 0 Å². The molecule has 0 aromatic heterocycles. The first-order valence-corrected chi connectivity index (χ1v) is 8.15. The van der Waals surface area contributed by atoms with Gasteiger partial charge in [-0.1, -0.05) is 25.4 Å². The Balaban J connectivity index is 2.63. The van der Waals surface area contributed by atoms with Gasteiger partial charge in [0.15, 0.2) is 0 Å². The summed E-state index contributed by atoms with van der Waals surface area (Å²) in [5.41, 5.74) is 0.329. The molecule has 1 rings (SSSR count). The standard InChI is InChI=1S/C13H18ClN3O2S/c1-10(2)16-6-3-7-17-20(18,19)13-5-4-11(9-15)8-12(13)14/h4-5,8,10,16-17H,3,6-7H2,1-2H3. The summed E-state index contributed by atoms with van der Waals surface area (Å²) in [6.07, 6.45) is 0.686. The zero-order valence-electron chi connectivity index (χ0n) is 11.5. The molecule has 0 radical (unpaired) electrons. The van der Waals surface area contributed by atoms with E-state index in [0.717, 1.165) is 6.54 Å². The lowest BCUT2D eigenvalue weighted by Crippen LogP contribution is -2.29. The van der Waals surface area contributed by atoms with Crippen LogP contribution in [0.4, 0.5) is 0 Å². The van der Waals surface area contributed by atoms with Gasteiger partial charge in [0.1, 0.15) is 4.90 Å². The number of rotatable bonds is 7. The normalized spacial score (nSPS) is 11.6. The monoisotopic (exact) mass is 315 g/mol. The van der Waals surface area contributed by atoms with Gasteiger partial charge in [0.2, 0.25) is 10.0 Å². The Morgan fingerprint density at radius 2 is 2.05 bits per heavy atom. The van der Waals surface area contributed by atoms with Crippen molar-refractivity contribution in [2.75, 3.05) is 13.1 Å². The first kappa shape index (κ1) is 16.9. The fourth-order valence-electron chi connectivity index (χ4n) is 1.55. The summed E-state index contributed by atoms with van der Waals surface area (Å²) < 4.78 is 26.6. The van der Waals surface area contributed by atoms with Crippen molar-refractivity contribution in [2.45, 2.75) is 31.2 Å². The highest BCUT2D eigenvalue weighted by Crippen LogP contribution is 2.22. The molecule has 0 saturated heterocycles. The topological polar surface area (TPSA) is 82.0 Å². The molecule has 7 heteroatoms. The van der Waals surface area contributed by atoms with Crippen LogP contribution >= 0.6 is 11.6 Å². The molecule has 0 saturated carbocycles. The first-order chi connectivity index (χ1) is 9.36. The van der Waals surface area contributed by atoms with Crippen LogP contribution in [0.2, 0.25) is 5.02 Å². The van der Waals surface area contributed by atoms with Gasteiger partial charge in [-0.05, 0) is 31.2 Å². The molecule has 0 spiro atoms. The van der Waals surface area contributed by atoms with E-state index in [1.54, 1.807) is 0 Å². The third-order valence-electron chi connectivity index (χ3n) is 2.55. The number of hydrogen-bond donors (Lipinski definition) is 2. The minimum absolute atomic E-state index is 0.00464. The van der Waals surface area contributed by atoms with Crippen LogP contribution < -0.4 is 10.0 Å². The number of benzene rings is 1. The summed E-state index contributed by atoms with van der Waals surface area (Å²) in [5.74, 6) is 0. The average molecular weight is 316 g/mol. The van der Waals surface area contributed by atoms with Gasteiger partial charge in [-0.2, -0.15) is 5.26 Å². The number of sulfonamides is 1. The zero-order valence-corrected chi connectivity index (χ0v) is 13.1. The zero-order chi connectivity index (χ0) is 15.2. The van der Waals surface area contributed by atoms with Crippen LogP contribution in [-0.2, 0) is 10.0 Å². The van der Waals surface area contributed by atoms with E-state index in [2.05, 4.69) is 10.0 Å². The van der Waals surface area contributed by atoms with E-state index in [-0.39, 0.29) is 9.92 Å². The van der Waals surface area contributed by atoms with E-state index >= 15 is 0 Å². The van der Waals surface area contributed by atoms with Gasteiger partial charge < -0.3 is 5.32 Å². The van der Waals surface area contributed by atoms with Crippen LogP contribution in [0.5, 0.6) is 0 Å². The maximum absolute atomic E-state index is 12.1. The molecule has 1 aromatic carbocycles. The fourth-order valence-corrected chi connectivity index (χ4v) is 3.17. The maximum Gasteiger partial charge on any atom is 0.242 e. The van der Waals surface area contributed by atoms with Crippen molar-refractivity contribution in [2.24, 2.45) is 0 Å². The van der Waals surface area contributed by atoms with Gasteiger partial charge in [-0.25, -0.2) is 13.1 Å². The number of halogens is 1. The summed E-state index contributed by atoms with van der Waals surface area (Å²) in [6.45, 7) is 5.13. The summed E-state index contributed by atoms with van der Waals surface area (Å²) >= 11 is 5.89. The predicted octanol–water partition coefficient (Wildman–Crippen LogP) is 1.88. The number of hydrogen-bond acceptors (Lipinski definition) is 4. The molecule has 1 aromatic rings. The minimum atomic E-state index is -3.64. The Morgan fingerprint density at radius 3 is 2.60 bits per heavy atom. The lowest BCUT2D eigenvalue weighted by Gasteiger charge is -2.10. The minimum Gasteiger partial charge on any atom is -0.314 e. The van der Waals surface area contributed by atoms with Crippen LogP contribution in [0.3, 0.4) is 0 Å². The molecule has 0 atom stereocenters. The molecular weight excluding hydrogens is 298 g/mol. The van der Waals surface area contributed by atoms with Gasteiger partial charge in [-0.3, -0.25) is 0 Å². The highest BCUT2D eigenvalue weighted by atomic mass is 35.5. The molecule has 0 bridgehead atoms. The second-order valence-electron chi connectivity index (χ2n) is 4.62. The smallest absolute Gasteiger partial charge is 0.242 e. The summed E-state index contributed by atoms with van der Waals surface area (Å²) in [4.78, 5) is -0.00464. The highest BCUT2D eigenvalue weighted by Gasteiger charge is 2.17. The molecular formula is C13H18ClN3O2S. The summed E-state index contributed by atoms with van der Waals surface area (Å²) in [5, 5.41) is 12.0. The van der Waals surface area contributed by atoms with Gasteiger partial charge in [0.05, 0.1) is 16.7 Å². The van der Waals surface area contributed by atoms with Crippen molar-refractivity contribution in [3.63, 3.8) is 0 Å². The van der Waals surface area contributed by atoms with E-state index in [1.807, 2.05) is 19.9 Å². The third-order valence-corrected chi connectivity index (χ3v) is 4.49. The van der Waals surface area contributed by atoms with E-state index < -0.39 is 10.0 Å². The van der Waals surface area contributed by atoms with Crippen molar-refractivity contribution in [3.8, 4) is 6.07 Å². The summed E-state index contributed by atoms with van der Waals surface area (Å²) in [7, 11) is -3.64. The number of nitrogens with one attached hydrogen (secondary N) is 2. The quantitative estimate of drug-likeness (QED) is 0.753. The van der Waals surface area contributed by atoms with Crippen molar-refractivity contribution in [1.82, 2.24) is 10.0 Å². The van der Waals surface area contributed by atoms with Crippen molar-refractivity contribution < 1.29 is 8.42 Å². The number of nitriles is 1. The SMILES string of the molecule is CC(C)NCCCNS(=O)(=O)c1ccc(C#N)cc1Cl. The van der Waals surface area contributed by atoms with E-state index in [9.17, 15) is 8.42 Å². The van der Waals surface area contributed by atoms with E-state index in [1.165, 1.54) is 18.2 Å². The van der Waals surface area contributed by atoms with Crippen LogP contribution in [0, 0.1) is 11.3 Å². The van der Waals surface area contributed by atoms with Gasteiger partial charge in [-0.15, -0.1) is 0 Å². The molecule has 0 amide bonds. The molecule has 110 valence electrons. The van der Waals surface area contributed by atoms with Crippen molar-refractivity contribution in [1.29, 1.82) is 5.26 Å². The average Bonchev–Trinajstić information content (AvgIpc) is 2.37. The Hall–Kier alpha value is -1.13. The second kappa shape index (κ2) is 7.60. The maximum atomic E-state index is 12.1. The van der Waals surface area contributed by atoms with Crippen molar-refractivity contribution >= 4 is 21.6 Å². The molecule has 2 N–H and O–H groups in total. The van der Waals surface area contributed by atoms with Crippen molar-refractivity contribution in [3.05, 3.63) is 28.8 Å². The van der Waals surface area contributed by atoms with Crippen LogP contribution in [-0.4, -0.2) is 27.5 Å². The lowest BCUT2D eigenvalue weighted by atomic mass is 10.2. The molecule has 0 aliphatic carbocycles. The Bertz CT molecular complexity index is 594. The summed E-state index contributed by atoms with van der Waals surface area (Å²) in [6, 6.07) is 6.40. The largest absolute Gasteiger partial charge is 0.314 e. The molecule has 5 nitrogen and oxygen atoms in total. The third kappa shape index (κ3) is 5.10. The van der Waals surface area contributed by atoms with Crippen LogP contribution in [0.15, 0.2) is 23.1 Å². The van der Waals surface area contributed by atoms with Gasteiger partial charge in [0, 0.05) is 12.6 Å². The lowest BCUT2D eigenvalue weighted by molar-refractivity contribution is 0.554. The van der Waals surface area contributed by atoms with E-state index in [4.69, 9.17) is 16.9 Å². The van der Waals surface area contributed by atoms with Gasteiger partial charge in [0.25, 0.3) is 0 Å². The molecule has 0 unspecified atom stereocenters. The fraction of sp³-hybridized carbons (Fsp3) is 0.462. The molecule has 0 heterocycles. The number of nitrogens with zero attached hydrogens (tertiary/aromatic N) is 1. The molecule has 0 aliphatic heterocycles. The predicted molar refractivity (Wildman–Crippen MR) is 79.1 cm³/mol. The van der Waals surface area contributed by atoms with E-state index in [0.29, 0.717) is 24.6 Å². The highest BCUT2D eigenvalue weighted by molar-refractivity contribution is 7.89. The Labute approximate surface area is 125 Å². The molecule has 0 fully saturated rings. The molecule has 0 aliphatic rings. The first-order valence-electron chi connectivity index (χ1n) is 6.29. The van der Waals surface area contributed by atoms with Crippen LogP contribution in [0.25, 0.3) is 0 Å². The second-order valence-corrected chi connectivity index (χ2v) is 6.76. The van der Waals surface area contributed by atoms with Crippen LogP contribution in [0.1, 0.15) is 25.8 Å².